The summed E-state index contributed by atoms with van der Waals surface area (Å²) in [5.74, 6) is 0.654. The fraction of sp³-hybridized carbons (Fsp3) is 0.286. The molecule has 1 atom stereocenters. The van der Waals surface area contributed by atoms with Crippen molar-refractivity contribution in [2.45, 2.75) is 26.2 Å². The van der Waals surface area contributed by atoms with Crippen molar-refractivity contribution >= 4 is 10.8 Å². The molecule has 0 fully saturated rings. The Labute approximate surface area is 85.6 Å². The van der Waals surface area contributed by atoms with Crippen molar-refractivity contribution in [1.82, 2.24) is 0 Å². The third-order valence-corrected chi connectivity index (χ3v) is 2.97. The van der Waals surface area contributed by atoms with E-state index >= 15 is 0 Å². The summed E-state index contributed by atoms with van der Waals surface area (Å²) in [5, 5.41) is 2.76. The van der Waals surface area contributed by atoms with Gasteiger partial charge in [-0.15, -0.1) is 0 Å². The highest BCUT2D eigenvalue weighted by Crippen LogP contribution is 2.26. The Morgan fingerprint density at radius 1 is 1.00 bits per heavy atom. The molecule has 0 aromatic heterocycles. The maximum Gasteiger partial charge on any atom is -0.0149 e. The predicted octanol–water partition coefficient (Wildman–Crippen LogP) is 4.35. The first-order chi connectivity index (χ1) is 6.83. The average molecular weight is 184 g/mol. The zero-order valence-corrected chi connectivity index (χ0v) is 8.83. The number of fused-ring (bicyclic) bond motifs is 1. The van der Waals surface area contributed by atoms with Crippen LogP contribution in [0, 0.1) is 0 Å². The molecule has 0 amide bonds. The van der Waals surface area contributed by atoms with E-state index < -0.39 is 0 Å². The van der Waals surface area contributed by atoms with Crippen LogP contribution in [0.1, 0.15) is 31.7 Å². The number of rotatable bonds is 2. The summed E-state index contributed by atoms with van der Waals surface area (Å²) in [7, 11) is 0. The predicted molar refractivity (Wildman–Crippen MR) is 62.7 cm³/mol. The van der Waals surface area contributed by atoms with Crippen molar-refractivity contribution in [3.8, 4) is 0 Å². The number of benzene rings is 2. The van der Waals surface area contributed by atoms with Gasteiger partial charge in [0.2, 0.25) is 0 Å². The first-order valence-corrected chi connectivity index (χ1v) is 5.30. The second-order valence-electron chi connectivity index (χ2n) is 3.88. The molecule has 0 spiro atoms. The van der Waals surface area contributed by atoms with Crippen LogP contribution in [-0.2, 0) is 0 Å². The lowest BCUT2D eigenvalue weighted by Crippen LogP contribution is -1.92. The zero-order valence-electron chi connectivity index (χ0n) is 8.83. The van der Waals surface area contributed by atoms with Gasteiger partial charge in [0, 0.05) is 0 Å². The molecule has 2 rings (SSSR count). The third kappa shape index (κ3) is 1.52. The van der Waals surface area contributed by atoms with Crippen molar-refractivity contribution in [3.05, 3.63) is 48.0 Å². The zero-order chi connectivity index (χ0) is 9.97. The molecule has 14 heavy (non-hydrogen) atoms. The molecule has 0 aliphatic carbocycles. The minimum atomic E-state index is 0.654. The topological polar surface area (TPSA) is 0 Å². The average Bonchev–Trinajstić information content (AvgIpc) is 2.27. The Hall–Kier alpha value is -1.30. The summed E-state index contributed by atoms with van der Waals surface area (Å²) in [6.45, 7) is 4.54. The van der Waals surface area contributed by atoms with E-state index in [0.29, 0.717) is 5.92 Å². The molecule has 0 nitrogen and oxygen atoms in total. The summed E-state index contributed by atoms with van der Waals surface area (Å²) >= 11 is 0. The molecular weight excluding hydrogens is 168 g/mol. The van der Waals surface area contributed by atoms with Gasteiger partial charge in [-0.3, -0.25) is 0 Å². The Morgan fingerprint density at radius 2 is 1.71 bits per heavy atom. The second kappa shape index (κ2) is 3.83. The quantitative estimate of drug-likeness (QED) is 0.650. The minimum absolute atomic E-state index is 0.654. The molecule has 2 aromatic rings. The monoisotopic (exact) mass is 184 g/mol. The van der Waals surface area contributed by atoms with E-state index in [-0.39, 0.29) is 0 Å². The number of hydrogen-bond acceptors (Lipinski definition) is 0. The van der Waals surface area contributed by atoms with Crippen LogP contribution >= 0.6 is 0 Å². The molecule has 0 bridgehead atoms. The van der Waals surface area contributed by atoms with Crippen molar-refractivity contribution in [2.24, 2.45) is 0 Å². The van der Waals surface area contributed by atoms with Crippen molar-refractivity contribution < 1.29 is 0 Å². The van der Waals surface area contributed by atoms with E-state index in [0.717, 1.165) is 0 Å². The lowest BCUT2D eigenvalue weighted by atomic mass is 9.93. The summed E-state index contributed by atoms with van der Waals surface area (Å²) in [5.41, 5.74) is 1.48. The minimum Gasteiger partial charge on any atom is -0.0648 e. The summed E-state index contributed by atoms with van der Waals surface area (Å²) in [6.07, 6.45) is 1.20. The van der Waals surface area contributed by atoms with Crippen LogP contribution in [0.2, 0.25) is 0 Å². The summed E-state index contributed by atoms with van der Waals surface area (Å²) < 4.78 is 0. The molecule has 72 valence electrons. The molecule has 0 N–H and O–H groups in total. The van der Waals surface area contributed by atoms with E-state index in [2.05, 4.69) is 56.3 Å². The second-order valence-corrected chi connectivity index (χ2v) is 3.88. The van der Waals surface area contributed by atoms with Gasteiger partial charge in [-0.05, 0) is 28.7 Å². The van der Waals surface area contributed by atoms with E-state index in [1.165, 1.54) is 22.8 Å². The summed E-state index contributed by atoms with van der Waals surface area (Å²) in [4.78, 5) is 0. The van der Waals surface area contributed by atoms with Crippen molar-refractivity contribution in [3.63, 3.8) is 0 Å². The molecule has 0 saturated carbocycles. The Balaban J connectivity index is 2.65. The summed E-state index contributed by atoms with van der Waals surface area (Å²) in [6, 6.07) is 15.2. The van der Waals surface area contributed by atoms with Crippen LogP contribution < -0.4 is 0 Å². The number of hydrogen-bond donors (Lipinski definition) is 0. The lowest BCUT2D eigenvalue weighted by molar-refractivity contribution is 0.740. The first kappa shape index (κ1) is 9.26. The molecule has 0 aliphatic rings. The van der Waals surface area contributed by atoms with Gasteiger partial charge in [0.1, 0.15) is 0 Å². The van der Waals surface area contributed by atoms with Gasteiger partial charge in [0.05, 0.1) is 0 Å². The van der Waals surface area contributed by atoms with E-state index in [4.69, 9.17) is 0 Å². The van der Waals surface area contributed by atoms with Crippen LogP contribution in [0.25, 0.3) is 10.8 Å². The molecule has 0 saturated heterocycles. The first-order valence-electron chi connectivity index (χ1n) is 5.30. The van der Waals surface area contributed by atoms with Crippen LogP contribution in [0.15, 0.2) is 42.5 Å². The van der Waals surface area contributed by atoms with Gasteiger partial charge >= 0.3 is 0 Å². The molecule has 0 unspecified atom stereocenters. The van der Waals surface area contributed by atoms with Crippen LogP contribution in [0.5, 0.6) is 0 Å². The van der Waals surface area contributed by atoms with Crippen LogP contribution in [0.4, 0.5) is 0 Å². The molecule has 2 aromatic carbocycles. The molecule has 0 heterocycles. The lowest BCUT2D eigenvalue weighted by Gasteiger charge is -2.12. The van der Waals surface area contributed by atoms with Gasteiger partial charge in [-0.1, -0.05) is 56.3 Å². The SMILES string of the molecule is CC[C@H](C)c1cccc2ccccc12. The van der Waals surface area contributed by atoms with Gasteiger partial charge < -0.3 is 0 Å². The highest BCUT2D eigenvalue weighted by Gasteiger charge is 2.05. The Morgan fingerprint density at radius 3 is 2.50 bits per heavy atom. The largest absolute Gasteiger partial charge is 0.0648 e. The van der Waals surface area contributed by atoms with Gasteiger partial charge in [-0.2, -0.15) is 0 Å². The fourth-order valence-electron chi connectivity index (χ4n) is 1.90. The fourth-order valence-corrected chi connectivity index (χ4v) is 1.90. The van der Waals surface area contributed by atoms with E-state index in [1.807, 2.05) is 0 Å². The van der Waals surface area contributed by atoms with Crippen molar-refractivity contribution in [1.29, 1.82) is 0 Å². The van der Waals surface area contributed by atoms with E-state index in [1.54, 1.807) is 0 Å². The normalized spacial score (nSPS) is 13.0. The molecular formula is C14H16. The Bertz CT molecular complexity index is 423. The van der Waals surface area contributed by atoms with Gasteiger partial charge in [0.15, 0.2) is 0 Å². The van der Waals surface area contributed by atoms with E-state index in [9.17, 15) is 0 Å². The Kier molecular flexibility index (Phi) is 2.53. The molecule has 0 aliphatic heterocycles. The van der Waals surface area contributed by atoms with Crippen LogP contribution in [0.3, 0.4) is 0 Å². The van der Waals surface area contributed by atoms with Gasteiger partial charge in [-0.25, -0.2) is 0 Å². The molecule has 0 heteroatoms. The highest BCUT2D eigenvalue weighted by atomic mass is 14.1. The van der Waals surface area contributed by atoms with Crippen LogP contribution in [-0.4, -0.2) is 0 Å². The van der Waals surface area contributed by atoms with Crippen molar-refractivity contribution in [2.75, 3.05) is 0 Å². The smallest absolute Gasteiger partial charge is 0.0149 e. The van der Waals surface area contributed by atoms with Gasteiger partial charge in [0.25, 0.3) is 0 Å². The molecule has 0 radical (unpaired) electrons. The highest BCUT2D eigenvalue weighted by molar-refractivity contribution is 5.86. The maximum atomic E-state index is 2.29. The maximum absolute atomic E-state index is 2.29. The standard InChI is InChI=1S/C14H16/c1-3-11(2)13-10-6-8-12-7-4-5-9-14(12)13/h4-11H,3H2,1-2H3/t11-/m0/s1. The third-order valence-electron chi connectivity index (χ3n) is 2.97.